The Morgan fingerprint density at radius 1 is 0.706 bits per heavy atom. The van der Waals surface area contributed by atoms with Crippen LogP contribution < -0.4 is 26.4 Å². The van der Waals surface area contributed by atoms with Gasteiger partial charge in [0.15, 0.2) is 0 Å². The summed E-state index contributed by atoms with van der Waals surface area (Å²) in [5.41, 5.74) is 0.984. The number of nitrogens with one attached hydrogen (secondary N) is 1. The molecule has 0 aliphatic carbocycles. The minimum Gasteiger partial charge on any atom is -0.477 e. The molecule has 0 atom stereocenters. The molecular weight excluding hydrogens is 675 g/mol. The molecule has 2 aromatic heterocycles. The molecule has 0 aliphatic rings. The second-order valence-corrected chi connectivity index (χ2v) is 14.1. The van der Waals surface area contributed by atoms with Crippen LogP contribution in [0.3, 0.4) is 0 Å². The van der Waals surface area contributed by atoms with E-state index in [1.807, 2.05) is 58.9 Å². The van der Waals surface area contributed by atoms with E-state index in [0.717, 1.165) is 37.6 Å². The fraction of sp³-hybridized carbons (Fsp3) is 0.459. The summed E-state index contributed by atoms with van der Waals surface area (Å²) in [6.07, 6.45) is 0.615. The molecule has 2 heterocycles. The van der Waals surface area contributed by atoms with E-state index < -0.39 is 31.9 Å². The van der Waals surface area contributed by atoms with Gasteiger partial charge in [0, 0.05) is 94.3 Å². The molecule has 4 aromatic rings. The Labute approximate surface area is 300 Å². The number of rotatable bonds is 18. The van der Waals surface area contributed by atoms with Gasteiger partial charge in [-0.05, 0) is 91.3 Å². The highest BCUT2D eigenvalue weighted by Crippen LogP contribution is 2.23. The molecule has 0 radical (unpaired) electrons. The van der Waals surface area contributed by atoms with E-state index in [4.69, 9.17) is 27.2 Å². The van der Waals surface area contributed by atoms with E-state index in [1.165, 1.54) is 6.07 Å². The second kappa shape index (κ2) is 19.8. The summed E-state index contributed by atoms with van der Waals surface area (Å²) in [6, 6.07) is 14.6. The van der Waals surface area contributed by atoms with Crippen LogP contribution in [0.4, 0.5) is 11.4 Å². The summed E-state index contributed by atoms with van der Waals surface area (Å²) in [5, 5.41) is 13.0. The smallest absolute Gasteiger partial charge is 0.477 e. The number of amides is 1. The van der Waals surface area contributed by atoms with Crippen molar-refractivity contribution in [2.75, 3.05) is 62.3 Å². The first-order valence-electron chi connectivity index (χ1n) is 17.6. The Morgan fingerprint density at radius 2 is 1.14 bits per heavy atom. The molecule has 2 aromatic carbocycles. The molecule has 2 N–H and O–H groups in total. The number of hydrogen-bond donors (Lipinski definition) is 2. The minimum absolute atomic E-state index is 0. The number of carbonyl (C=O) groups is 2. The SMILES string of the molecule is CCN(CC)c1ccc2cc(C(=O)O)c(=O)oc2c1.CCO[Si](CCCNC(=O)c1cc2ccc(N(CC)CC)cc2oc1=O)(OCC)OCC.[2HH]. The average Bonchev–Trinajstić information content (AvgIpc) is 3.11. The lowest BCUT2D eigenvalue weighted by atomic mass is 10.1. The van der Waals surface area contributed by atoms with Gasteiger partial charge in [-0.25, -0.2) is 14.4 Å². The zero-order valence-electron chi connectivity index (χ0n) is 30.7. The van der Waals surface area contributed by atoms with E-state index in [0.29, 0.717) is 60.8 Å². The van der Waals surface area contributed by atoms with Crippen LogP contribution >= 0.6 is 0 Å². The van der Waals surface area contributed by atoms with Crippen molar-refractivity contribution in [1.82, 2.24) is 5.32 Å². The largest absolute Gasteiger partial charge is 0.500 e. The van der Waals surface area contributed by atoms with Gasteiger partial charge in [0.25, 0.3) is 5.91 Å². The summed E-state index contributed by atoms with van der Waals surface area (Å²) in [7, 11) is -2.75. The van der Waals surface area contributed by atoms with E-state index in [-0.39, 0.29) is 12.6 Å². The number of benzene rings is 2. The molecular formula is C37H53N3O10Si. The standard InChI is InChI=1S/C23H36N2O6Si.C14H15NO4.H2/c1-6-25(7-2)19-13-12-18-16-20(23(27)31-21(18)17-19)22(26)24-14-11-15-32(28-8-3,29-9-4)30-10-5;1-3-15(4-2)10-6-5-9-7-11(13(16)17)14(18)19-12(9)8-10;/h12-13,16-17H,6-11,14-15H2,1-5H3,(H,24,26);5-8H,3-4H2,1-2H3,(H,16,17);1H/i;;1+1. The normalized spacial score (nSPS) is 11.3. The Morgan fingerprint density at radius 3 is 1.55 bits per heavy atom. The van der Waals surface area contributed by atoms with Crippen molar-refractivity contribution in [3.8, 4) is 0 Å². The molecule has 0 aliphatic heterocycles. The van der Waals surface area contributed by atoms with Gasteiger partial charge in [0.05, 0.1) is 0 Å². The predicted molar refractivity (Wildman–Crippen MR) is 204 cm³/mol. The number of carboxylic acid groups (broad SMARTS) is 1. The van der Waals surface area contributed by atoms with Crippen LogP contribution in [-0.4, -0.2) is 78.3 Å². The third kappa shape index (κ3) is 10.7. The lowest BCUT2D eigenvalue weighted by Gasteiger charge is -2.28. The van der Waals surface area contributed by atoms with Crippen molar-refractivity contribution < 1.29 is 38.2 Å². The molecule has 0 unspecified atom stereocenters. The van der Waals surface area contributed by atoms with Gasteiger partial charge in [-0.3, -0.25) is 4.79 Å². The van der Waals surface area contributed by atoms with Crippen molar-refractivity contribution in [2.24, 2.45) is 0 Å². The molecule has 4 rings (SSSR count). The van der Waals surface area contributed by atoms with Crippen molar-refractivity contribution in [2.45, 2.75) is 60.9 Å². The maximum Gasteiger partial charge on any atom is 0.500 e. The molecule has 13 nitrogen and oxygen atoms in total. The fourth-order valence-electron chi connectivity index (χ4n) is 5.68. The first kappa shape index (κ1) is 40.9. The van der Waals surface area contributed by atoms with Crippen molar-refractivity contribution in [3.63, 3.8) is 0 Å². The van der Waals surface area contributed by atoms with E-state index in [1.54, 1.807) is 18.2 Å². The van der Waals surface area contributed by atoms with Crippen LogP contribution in [-0.2, 0) is 13.3 Å². The Hall–Kier alpha value is -4.50. The molecule has 0 saturated heterocycles. The van der Waals surface area contributed by atoms with E-state index >= 15 is 0 Å². The van der Waals surface area contributed by atoms with Gasteiger partial charge >= 0.3 is 26.0 Å². The number of fused-ring (bicyclic) bond motifs is 2. The van der Waals surface area contributed by atoms with Gasteiger partial charge < -0.3 is 42.3 Å². The molecule has 280 valence electrons. The molecule has 1 amide bonds. The van der Waals surface area contributed by atoms with Crippen LogP contribution in [0.2, 0.25) is 6.04 Å². The van der Waals surface area contributed by atoms with Gasteiger partial charge in [0.1, 0.15) is 22.3 Å². The maximum atomic E-state index is 12.6. The number of aromatic carboxylic acids is 1. The number of nitrogens with zero attached hydrogens (tertiary/aromatic N) is 2. The molecule has 14 heteroatoms. The molecule has 51 heavy (non-hydrogen) atoms. The number of anilines is 2. The zero-order valence-corrected chi connectivity index (χ0v) is 31.7. The highest BCUT2D eigenvalue weighted by molar-refractivity contribution is 6.60. The van der Waals surface area contributed by atoms with Crippen LogP contribution in [0.5, 0.6) is 0 Å². The summed E-state index contributed by atoms with van der Waals surface area (Å²) in [5.74, 6) is -1.73. The minimum atomic E-state index is -2.75. The zero-order chi connectivity index (χ0) is 37.6. The highest BCUT2D eigenvalue weighted by Gasteiger charge is 2.39. The molecule has 0 fully saturated rings. The van der Waals surface area contributed by atoms with Crippen LogP contribution in [0, 0.1) is 0 Å². The quantitative estimate of drug-likeness (QED) is 0.0661. The first-order valence-corrected chi connectivity index (χ1v) is 19.5. The summed E-state index contributed by atoms with van der Waals surface area (Å²) in [4.78, 5) is 51.7. The molecule has 0 saturated carbocycles. The Balaban J connectivity index is 0.000000399. The summed E-state index contributed by atoms with van der Waals surface area (Å²) in [6.45, 7) is 19.2. The number of carbonyl (C=O) groups excluding carboxylic acids is 1. The summed E-state index contributed by atoms with van der Waals surface area (Å²) < 4.78 is 28.0. The second-order valence-electron chi connectivity index (χ2n) is 11.3. The lowest BCUT2D eigenvalue weighted by Crippen LogP contribution is -2.46. The third-order valence-corrected chi connectivity index (χ3v) is 11.4. The number of hydrogen-bond acceptors (Lipinski definition) is 11. The topological polar surface area (TPSA) is 161 Å². The van der Waals surface area contributed by atoms with E-state index in [9.17, 15) is 19.2 Å². The van der Waals surface area contributed by atoms with E-state index in [2.05, 4.69) is 29.0 Å². The summed E-state index contributed by atoms with van der Waals surface area (Å²) >= 11 is 0. The maximum absolute atomic E-state index is 12.6. The van der Waals surface area contributed by atoms with Crippen molar-refractivity contribution >= 4 is 54.0 Å². The Kier molecular flexibility index (Phi) is 15.9. The van der Waals surface area contributed by atoms with Gasteiger partial charge in [-0.15, -0.1) is 0 Å². The van der Waals surface area contributed by atoms with Crippen LogP contribution in [0.1, 0.15) is 77.0 Å². The van der Waals surface area contributed by atoms with Crippen LogP contribution in [0.15, 0.2) is 67.0 Å². The van der Waals surface area contributed by atoms with Crippen molar-refractivity contribution in [1.29, 1.82) is 0 Å². The monoisotopic (exact) mass is 728 g/mol. The lowest BCUT2D eigenvalue weighted by molar-refractivity contribution is 0.0688. The van der Waals surface area contributed by atoms with Crippen LogP contribution in [0.25, 0.3) is 21.9 Å². The number of carboxylic acids is 1. The van der Waals surface area contributed by atoms with Gasteiger partial charge in [-0.2, -0.15) is 0 Å². The van der Waals surface area contributed by atoms with Crippen molar-refractivity contribution in [3.05, 3.63) is 80.5 Å². The first-order chi connectivity index (χ1) is 24.5. The molecule has 0 bridgehead atoms. The fourth-order valence-corrected chi connectivity index (χ4v) is 8.29. The average molecular weight is 729 g/mol. The van der Waals surface area contributed by atoms with Gasteiger partial charge in [-0.1, -0.05) is 0 Å². The third-order valence-electron chi connectivity index (χ3n) is 8.21. The predicted octanol–water partition coefficient (Wildman–Crippen LogP) is 6.39. The Bertz CT molecular complexity index is 1860. The highest BCUT2D eigenvalue weighted by atomic mass is 28.4. The van der Waals surface area contributed by atoms with Gasteiger partial charge in [0.2, 0.25) is 0 Å². The molecule has 0 spiro atoms.